The average Bonchev–Trinajstić information content (AvgIpc) is 3.20. The number of rotatable bonds is 11. The molecule has 1 N–H and O–H groups in total. The average molecular weight is 483 g/mol. The van der Waals surface area contributed by atoms with Gasteiger partial charge in [0.2, 0.25) is 0 Å². The zero-order valence-corrected chi connectivity index (χ0v) is 21.9. The van der Waals surface area contributed by atoms with Gasteiger partial charge in [0.15, 0.2) is 0 Å². The number of benzene rings is 1. The van der Waals surface area contributed by atoms with E-state index in [1.165, 1.54) is 0 Å². The number of aromatic nitrogens is 3. The Hall–Kier alpha value is -2.97. The van der Waals surface area contributed by atoms with Crippen LogP contribution in [0.3, 0.4) is 0 Å². The summed E-state index contributed by atoms with van der Waals surface area (Å²) in [6.45, 7) is 11.4. The number of pyridine rings is 1. The molecule has 3 rings (SSSR count). The lowest BCUT2D eigenvalue weighted by Gasteiger charge is -2.18. The Labute approximate surface area is 207 Å². The molecule has 0 saturated carbocycles. The minimum Gasteiger partial charge on any atom is -0.464 e. The number of hydrogen-bond donors (Lipinski definition) is 1. The van der Waals surface area contributed by atoms with Crippen molar-refractivity contribution in [3.8, 4) is 11.4 Å². The van der Waals surface area contributed by atoms with Crippen LogP contribution >= 0.6 is 0 Å². The third-order valence-electron chi connectivity index (χ3n) is 6.03. The van der Waals surface area contributed by atoms with Crippen molar-refractivity contribution in [2.75, 3.05) is 20.3 Å². The van der Waals surface area contributed by atoms with E-state index in [1.54, 1.807) is 18.7 Å². The number of nitrogens with one attached hydrogen (secondary N) is 1. The van der Waals surface area contributed by atoms with Gasteiger partial charge >= 0.3 is 5.97 Å². The Morgan fingerprint density at radius 1 is 1.17 bits per heavy atom. The Bertz CT molecular complexity index is 1200. The molecule has 1 unspecified atom stereocenters. The van der Waals surface area contributed by atoms with Gasteiger partial charge in [-0.05, 0) is 49.9 Å². The van der Waals surface area contributed by atoms with Gasteiger partial charge in [-0.1, -0.05) is 26.8 Å². The number of aryl methyl sites for hydroxylation is 2. The van der Waals surface area contributed by atoms with Gasteiger partial charge in [-0.25, -0.2) is 4.98 Å². The summed E-state index contributed by atoms with van der Waals surface area (Å²) in [6.07, 6.45) is 2.47. The molecule has 8 heteroatoms. The van der Waals surface area contributed by atoms with Gasteiger partial charge in [0.1, 0.15) is 11.9 Å². The number of carbonyl (C=O) groups excluding carboxylic acids is 1. The summed E-state index contributed by atoms with van der Waals surface area (Å²) in [5.74, 6) is 0.879. The molecule has 0 aliphatic heterocycles. The van der Waals surface area contributed by atoms with Crippen LogP contribution in [0, 0.1) is 12.8 Å². The van der Waals surface area contributed by atoms with E-state index in [4.69, 9.17) is 14.5 Å². The first kappa shape index (κ1) is 26.6. The van der Waals surface area contributed by atoms with E-state index in [0.29, 0.717) is 37.7 Å². The van der Waals surface area contributed by atoms with E-state index in [-0.39, 0.29) is 23.6 Å². The fraction of sp³-hybridized carbons (Fsp3) is 0.519. The Morgan fingerprint density at radius 3 is 2.54 bits per heavy atom. The van der Waals surface area contributed by atoms with Crippen molar-refractivity contribution >= 4 is 17.0 Å². The summed E-state index contributed by atoms with van der Waals surface area (Å²) in [5, 5.41) is 3.32. The minimum absolute atomic E-state index is 0.0212. The molecule has 2 atom stereocenters. The quantitative estimate of drug-likeness (QED) is 0.416. The van der Waals surface area contributed by atoms with E-state index in [0.717, 1.165) is 28.0 Å². The Kier molecular flexibility index (Phi) is 8.86. The molecule has 0 saturated heterocycles. The predicted octanol–water partition coefficient (Wildman–Crippen LogP) is 3.99. The van der Waals surface area contributed by atoms with Crippen LogP contribution in [0.5, 0.6) is 0 Å². The molecule has 0 fully saturated rings. The summed E-state index contributed by atoms with van der Waals surface area (Å²) in [7, 11) is 3.44. The number of fused-ring (bicyclic) bond motifs is 1. The van der Waals surface area contributed by atoms with Gasteiger partial charge in [-0.3, -0.25) is 9.59 Å². The second-order valence-corrected chi connectivity index (χ2v) is 9.63. The van der Waals surface area contributed by atoms with Crippen LogP contribution in [-0.4, -0.2) is 46.5 Å². The number of hydrogen-bond acceptors (Lipinski definition) is 6. The summed E-state index contributed by atoms with van der Waals surface area (Å²) in [5.41, 5.74) is 4.39. The van der Waals surface area contributed by atoms with Gasteiger partial charge in [0.25, 0.3) is 5.56 Å². The van der Waals surface area contributed by atoms with Crippen LogP contribution in [-0.2, 0) is 27.9 Å². The summed E-state index contributed by atoms with van der Waals surface area (Å²) in [6, 6.07) is 7.73. The monoisotopic (exact) mass is 482 g/mol. The van der Waals surface area contributed by atoms with Crippen LogP contribution in [0.15, 0.2) is 35.3 Å². The zero-order chi connectivity index (χ0) is 25.7. The molecule has 1 aromatic carbocycles. The lowest BCUT2D eigenvalue weighted by molar-refractivity contribution is -0.147. The fourth-order valence-corrected chi connectivity index (χ4v) is 4.20. The molecule has 0 bridgehead atoms. The molecular weight excluding hydrogens is 444 g/mol. The molecular formula is C27H38N4O4. The van der Waals surface area contributed by atoms with Crippen LogP contribution in [0.25, 0.3) is 22.4 Å². The van der Waals surface area contributed by atoms with Crippen molar-refractivity contribution in [3.05, 3.63) is 51.9 Å². The maximum absolute atomic E-state index is 12.4. The van der Waals surface area contributed by atoms with Crippen molar-refractivity contribution in [2.24, 2.45) is 13.0 Å². The highest BCUT2D eigenvalue weighted by Crippen LogP contribution is 2.29. The van der Waals surface area contributed by atoms with Crippen LogP contribution in [0.4, 0.5) is 0 Å². The summed E-state index contributed by atoms with van der Waals surface area (Å²) in [4.78, 5) is 29.6. The van der Waals surface area contributed by atoms with Crippen molar-refractivity contribution in [2.45, 2.75) is 59.7 Å². The van der Waals surface area contributed by atoms with Gasteiger partial charge < -0.3 is 23.9 Å². The van der Waals surface area contributed by atoms with Crippen molar-refractivity contribution in [1.29, 1.82) is 0 Å². The fourth-order valence-electron chi connectivity index (χ4n) is 4.20. The minimum atomic E-state index is -0.354. The highest BCUT2D eigenvalue weighted by Gasteiger charge is 2.20. The number of imidazole rings is 1. The number of methoxy groups -OCH3 is 1. The number of carbonyl (C=O) groups is 1. The molecule has 3 aromatic rings. The predicted molar refractivity (Wildman–Crippen MR) is 138 cm³/mol. The van der Waals surface area contributed by atoms with Crippen molar-refractivity contribution in [1.82, 2.24) is 19.4 Å². The van der Waals surface area contributed by atoms with E-state index in [2.05, 4.69) is 28.9 Å². The number of nitrogens with zero attached hydrogens (tertiary/aromatic N) is 3. The first-order valence-corrected chi connectivity index (χ1v) is 12.2. The van der Waals surface area contributed by atoms with Crippen molar-refractivity contribution < 1.29 is 14.3 Å². The van der Waals surface area contributed by atoms with Crippen LogP contribution in [0.1, 0.15) is 51.3 Å². The molecule has 0 aliphatic carbocycles. The zero-order valence-electron chi connectivity index (χ0n) is 21.9. The van der Waals surface area contributed by atoms with Gasteiger partial charge in [-0.15, -0.1) is 0 Å². The van der Waals surface area contributed by atoms with E-state index >= 15 is 0 Å². The van der Waals surface area contributed by atoms with Gasteiger partial charge in [0, 0.05) is 38.0 Å². The summed E-state index contributed by atoms with van der Waals surface area (Å²) >= 11 is 0. The van der Waals surface area contributed by atoms with E-state index in [1.807, 2.05) is 46.0 Å². The lowest BCUT2D eigenvalue weighted by atomic mass is 10.1. The standard InChI is InChI=1S/C27H38N4O4/c1-8-22(27(33)35-15-17(2)3)28-13-20-9-10-24-23(12-20)29-25(31(24)19(5)16-34-7)21-11-18(4)26(32)30(6)14-21/h9-12,14,17,19,22,28H,8,13,15-16H2,1-7H3/t19?,22-/m0/s1. The maximum atomic E-state index is 12.4. The van der Waals surface area contributed by atoms with Gasteiger partial charge in [0.05, 0.1) is 30.3 Å². The summed E-state index contributed by atoms with van der Waals surface area (Å²) < 4.78 is 14.6. The molecule has 8 nitrogen and oxygen atoms in total. The molecule has 35 heavy (non-hydrogen) atoms. The van der Waals surface area contributed by atoms with E-state index in [9.17, 15) is 9.59 Å². The highest BCUT2D eigenvalue weighted by molar-refractivity contribution is 5.81. The Balaban J connectivity index is 1.94. The molecule has 0 radical (unpaired) electrons. The highest BCUT2D eigenvalue weighted by atomic mass is 16.5. The first-order valence-electron chi connectivity index (χ1n) is 12.2. The van der Waals surface area contributed by atoms with E-state index < -0.39 is 0 Å². The SMILES string of the molecule is CC[C@H](NCc1ccc2c(c1)nc(-c1cc(C)c(=O)n(C)c1)n2C(C)COC)C(=O)OCC(C)C. The largest absolute Gasteiger partial charge is 0.464 e. The first-order chi connectivity index (χ1) is 16.7. The molecule has 0 amide bonds. The van der Waals surface area contributed by atoms with Gasteiger partial charge in [-0.2, -0.15) is 0 Å². The topological polar surface area (TPSA) is 87.4 Å². The molecule has 0 spiro atoms. The second-order valence-electron chi connectivity index (χ2n) is 9.63. The lowest BCUT2D eigenvalue weighted by Crippen LogP contribution is -2.37. The molecule has 2 heterocycles. The number of esters is 1. The van der Waals surface area contributed by atoms with Crippen LogP contribution in [0.2, 0.25) is 0 Å². The maximum Gasteiger partial charge on any atom is 0.323 e. The Morgan fingerprint density at radius 2 is 1.91 bits per heavy atom. The van der Waals surface area contributed by atoms with Crippen molar-refractivity contribution in [3.63, 3.8) is 0 Å². The second kappa shape index (κ2) is 11.6. The smallest absolute Gasteiger partial charge is 0.323 e. The third-order valence-corrected chi connectivity index (χ3v) is 6.03. The third kappa shape index (κ3) is 6.18. The van der Waals surface area contributed by atoms with Crippen LogP contribution < -0.4 is 10.9 Å². The normalized spacial score (nSPS) is 13.4. The molecule has 2 aromatic heterocycles. The molecule has 190 valence electrons. The molecule has 0 aliphatic rings. The number of ether oxygens (including phenoxy) is 2.